The standard InChI is InChI=1S/C24H26N4O2/c1-16(2)18-8-10-19(11-9-18)25-24(30)28-13-12-21-20(15-28)23(29)27-22(26-21)14-17-6-4-3-5-7-17/h3-11,16H,12-15H2,1-2H3,(H,25,30)(H,26,27,29). The first kappa shape index (κ1) is 19.9. The molecule has 1 aliphatic rings. The molecule has 2 heterocycles. The molecule has 6 heteroatoms. The number of aromatic nitrogens is 2. The maximum absolute atomic E-state index is 12.7. The summed E-state index contributed by atoms with van der Waals surface area (Å²) >= 11 is 0. The van der Waals surface area contributed by atoms with Crippen LogP contribution in [-0.2, 0) is 19.4 Å². The van der Waals surface area contributed by atoms with Crippen molar-refractivity contribution in [1.29, 1.82) is 0 Å². The molecule has 0 unspecified atom stereocenters. The SMILES string of the molecule is CC(C)c1ccc(NC(=O)N2CCc3nc(Cc4ccccc4)[nH]c(=O)c3C2)cc1. The molecule has 1 aliphatic heterocycles. The number of anilines is 1. The highest BCUT2D eigenvalue weighted by Gasteiger charge is 2.24. The molecule has 3 aromatic rings. The summed E-state index contributed by atoms with van der Waals surface area (Å²) in [4.78, 5) is 34.5. The van der Waals surface area contributed by atoms with Crippen LogP contribution in [0.2, 0.25) is 0 Å². The van der Waals surface area contributed by atoms with Crippen LogP contribution in [0.3, 0.4) is 0 Å². The zero-order chi connectivity index (χ0) is 21.1. The third-order valence-electron chi connectivity index (χ3n) is 5.45. The average molecular weight is 402 g/mol. The van der Waals surface area contributed by atoms with Crippen molar-refractivity contribution in [3.63, 3.8) is 0 Å². The van der Waals surface area contributed by atoms with Gasteiger partial charge in [-0.15, -0.1) is 0 Å². The minimum atomic E-state index is -0.203. The van der Waals surface area contributed by atoms with Crippen LogP contribution in [-0.4, -0.2) is 27.4 Å². The number of urea groups is 1. The highest BCUT2D eigenvalue weighted by atomic mass is 16.2. The van der Waals surface area contributed by atoms with Gasteiger partial charge in [0.15, 0.2) is 0 Å². The van der Waals surface area contributed by atoms with Crippen LogP contribution in [0.1, 0.15) is 48.0 Å². The fraction of sp³-hybridized carbons (Fsp3) is 0.292. The number of rotatable bonds is 4. The van der Waals surface area contributed by atoms with Crippen molar-refractivity contribution in [2.45, 2.75) is 39.2 Å². The number of nitrogens with zero attached hydrogens (tertiary/aromatic N) is 2. The third-order valence-corrected chi connectivity index (χ3v) is 5.45. The molecule has 0 saturated carbocycles. The van der Waals surface area contributed by atoms with E-state index >= 15 is 0 Å². The number of carbonyl (C=O) groups excluding carboxylic acids is 1. The van der Waals surface area contributed by atoms with Crippen molar-refractivity contribution in [2.24, 2.45) is 0 Å². The van der Waals surface area contributed by atoms with E-state index in [0.29, 0.717) is 36.7 Å². The predicted molar refractivity (Wildman–Crippen MR) is 118 cm³/mol. The molecule has 2 amide bonds. The van der Waals surface area contributed by atoms with E-state index in [2.05, 4.69) is 29.1 Å². The number of fused-ring (bicyclic) bond motifs is 1. The van der Waals surface area contributed by atoms with Gasteiger partial charge in [0, 0.05) is 25.1 Å². The van der Waals surface area contributed by atoms with E-state index in [4.69, 9.17) is 0 Å². The maximum atomic E-state index is 12.7. The Bertz CT molecular complexity index is 1090. The van der Waals surface area contributed by atoms with Crippen molar-refractivity contribution in [1.82, 2.24) is 14.9 Å². The van der Waals surface area contributed by atoms with Gasteiger partial charge in [-0.05, 0) is 29.2 Å². The number of hydrogen-bond donors (Lipinski definition) is 2. The summed E-state index contributed by atoms with van der Waals surface area (Å²) in [5.74, 6) is 1.10. The van der Waals surface area contributed by atoms with Crippen LogP contribution in [0, 0.1) is 0 Å². The van der Waals surface area contributed by atoms with Crippen molar-refractivity contribution in [2.75, 3.05) is 11.9 Å². The molecule has 0 fully saturated rings. The van der Waals surface area contributed by atoms with Gasteiger partial charge < -0.3 is 15.2 Å². The minimum Gasteiger partial charge on any atom is -0.320 e. The van der Waals surface area contributed by atoms with Crippen molar-refractivity contribution in [3.8, 4) is 0 Å². The van der Waals surface area contributed by atoms with E-state index in [1.165, 1.54) is 5.56 Å². The van der Waals surface area contributed by atoms with Crippen LogP contribution in [0.25, 0.3) is 0 Å². The van der Waals surface area contributed by atoms with Gasteiger partial charge in [-0.25, -0.2) is 9.78 Å². The molecular formula is C24H26N4O2. The quantitative estimate of drug-likeness (QED) is 0.690. The Morgan fingerprint density at radius 1 is 1.13 bits per heavy atom. The first-order valence-corrected chi connectivity index (χ1v) is 10.3. The second-order valence-electron chi connectivity index (χ2n) is 7.98. The highest BCUT2D eigenvalue weighted by Crippen LogP contribution is 2.19. The van der Waals surface area contributed by atoms with Crippen LogP contribution in [0.15, 0.2) is 59.4 Å². The fourth-order valence-electron chi connectivity index (χ4n) is 3.68. The number of nitrogens with one attached hydrogen (secondary N) is 2. The van der Waals surface area contributed by atoms with Crippen LogP contribution >= 0.6 is 0 Å². The first-order valence-electron chi connectivity index (χ1n) is 10.3. The van der Waals surface area contributed by atoms with Gasteiger partial charge >= 0.3 is 6.03 Å². The number of H-pyrrole nitrogens is 1. The second kappa shape index (κ2) is 8.53. The number of amides is 2. The van der Waals surface area contributed by atoms with Crippen molar-refractivity contribution < 1.29 is 4.79 Å². The second-order valence-corrected chi connectivity index (χ2v) is 7.98. The van der Waals surface area contributed by atoms with Crippen LogP contribution < -0.4 is 10.9 Å². The Morgan fingerprint density at radius 2 is 1.87 bits per heavy atom. The van der Waals surface area contributed by atoms with Crippen molar-refractivity contribution in [3.05, 3.63) is 93.2 Å². The summed E-state index contributed by atoms with van der Waals surface area (Å²) < 4.78 is 0. The van der Waals surface area contributed by atoms with Gasteiger partial charge in [-0.2, -0.15) is 0 Å². The highest BCUT2D eigenvalue weighted by molar-refractivity contribution is 5.89. The molecule has 0 radical (unpaired) electrons. The van der Waals surface area contributed by atoms with E-state index in [0.717, 1.165) is 16.9 Å². The monoisotopic (exact) mass is 402 g/mol. The maximum Gasteiger partial charge on any atom is 0.322 e. The van der Waals surface area contributed by atoms with Gasteiger partial charge in [0.25, 0.3) is 5.56 Å². The molecule has 2 aromatic carbocycles. The first-order chi connectivity index (χ1) is 14.5. The zero-order valence-electron chi connectivity index (χ0n) is 17.3. The van der Waals surface area contributed by atoms with Gasteiger partial charge in [0.2, 0.25) is 0 Å². The molecule has 0 saturated heterocycles. The Kier molecular flexibility index (Phi) is 5.65. The molecule has 1 aromatic heterocycles. The lowest BCUT2D eigenvalue weighted by Crippen LogP contribution is -2.42. The molecule has 6 nitrogen and oxygen atoms in total. The summed E-state index contributed by atoms with van der Waals surface area (Å²) in [5, 5.41) is 2.93. The Morgan fingerprint density at radius 3 is 2.57 bits per heavy atom. The smallest absolute Gasteiger partial charge is 0.320 e. The number of carbonyl (C=O) groups is 1. The minimum absolute atomic E-state index is 0.162. The topological polar surface area (TPSA) is 78.1 Å². The van der Waals surface area contributed by atoms with E-state index in [1.807, 2.05) is 54.6 Å². The number of aromatic amines is 1. The molecule has 0 spiro atoms. The molecule has 0 aliphatic carbocycles. The largest absolute Gasteiger partial charge is 0.322 e. The number of hydrogen-bond acceptors (Lipinski definition) is 3. The molecule has 2 N–H and O–H groups in total. The van der Waals surface area contributed by atoms with E-state index in [-0.39, 0.29) is 18.1 Å². The lowest BCUT2D eigenvalue weighted by atomic mass is 10.0. The zero-order valence-corrected chi connectivity index (χ0v) is 17.3. The summed E-state index contributed by atoms with van der Waals surface area (Å²) in [6.45, 7) is 5.06. The third kappa shape index (κ3) is 4.43. The molecule has 154 valence electrons. The lowest BCUT2D eigenvalue weighted by molar-refractivity contribution is 0.205. The van der Waals surface area contributed by atoms with Crippen LogP contribution in [0.4, 0.5) is 10.5 Å². The summed E-state index contributed by atoms with van der Waals surface area (Å²) in [5.41, 5.74) is 4.27. The Hall–Kier alpha value is -3.41. The predicted octanol–water partition coefficient (Wildman–Crippen LogP) is 4.07. The lowest BCUT2D eigenvalue weighted by Gasteiger charge is -2.28. The fourth-order valence-corrected chi connectivity index (χ4v) is 3.68. The van der Waals surface area contributed by atoms with Crippen molar-refractivity contribution >= 4 is 11.7 Å². The molecule has 30 heavy (non-hydrogen) atoms. The van der Waals surface area contributed by atoms with E-state index in [9.17, 15) is 9.59 Å². The average Bonchev–Trinajstić information content (AvgIpc) is 2.74. The Balaban J connectivity index is 1.45. The van der Waals surface area contributed by atoms with Gasteiger partial charge in [-0.3, -0.25) is 4.79 Å². The molecule has 0 bridgehead atoms. The number of benzene rings is 2. The molecule has 0 atom stereocenters. The molecule has 4 rings (SSSR count). The normalized spacial score (nSPS) is 13.2. The van der Waals surface area contributed by atoms with E-state index in [1.54, 1.807) is 4.90 Å². The summed E-state index contributed by atoms with van der Waals surface area (Å²) in [6, 6.07) is 17.6. The van der Waals surface area contributed by atoms with Crippen LogP contribution in [0.5, 0.6) is 0 Å². The van der Waals surface area contributed by atoms with Gasteiger partial charge in [0.05, 0.1) is 17.8 Å². The van der Waals surface area contributed by atoms with E-state index < -0.39 is 0 Å². The Labute approximate surface area is 176 Å². The molecular weight excluding hydrogens is 376 g/mol. The summed E-state index contributed by atoms with van der Waals surface area (Å²) in [7, 11) is 0. The van der Waals surface area contributed by atoms with Gasteiger partial charge in [0.1, 0.15) is 5.82 Å². The summed E-state index contributed by atoms with van der Waals surface area (Å²) in [6.07, 6.45) is 1.15. The van der Waals surface area contributed by atoms with Gasteiger partial charge in [-0.1, -0.05) is 56.3 Å².